The van der Waals surface area contributed by atoms with E-state index in [0.717, 1.165) is 11.8 Å². The summed E-state index contributed by atoms with van der Waals surface area (Å²) in [5, 5.41) is 0. The van der Waals surface area contributed by atoms with Crippen molar-refractivity contribution < 1.29 is 0 Å². The van der Waals surface area contributed by atoms with Gasteiger partial charge in [0.1, 0.15) is 0 Å². The summed E-state index contributed by atoms with van der Waals surface area (Å²) >= 11 is 0. The van der Waals surface area contributed by atoms with E-state index in [2.05, 4.69) is 26.8 Å². The Balaban J connectivity index is 2.01. The van der Waals surface area contributed by atoms with Gasteiger partial charge < -0.3 is 0 Å². The van der Waals surface area contributed by atoms with Gasteiger partial charge in [0.05, 0.1) is 0 Å². The molecule has 0 aromatic carbocycles. The van der Waals surface area contributed by atoms with Crippen LogP contribution in [0.15, 0.2) is 11.6 Å². The summed E-state index contributed by atoms with van der Waals surface area (Å²) in [4.78, 5) is 0. The van der Waals surface area contributed by atoms with Crippen LogP contribution in [-0.4, -0.2) is 0 Å². The van der Waals surface area contributed by atoms with Crippen molar-refractivity contribution in [1.82, 2.24) is 0 Å². The highest BCUT2D eigenvalue weighted by Gasteiger charge is 2.23. The van der Waals surface area contributed by atoms with Crippen molar-refractivity contribution in [2.45, 2.75) is 46.5 Å². The number of hydrogen-bond donors (Lipinski definition) is 0. The van der Waals surface area contributed by atoms with E-state index in [-0.39, 0.29) is 0 Å². The van der Waals surface area contributed by atoms with Crippen molar-refractivity contribution in [3.63, 3.8) is 0 Å². The summed E-state index contributed by atoms with van der Waals surface area (Å²) in [6.07, 6.45) is 8.06. The third-order valence-corrected chi connectivity index (χ3v) is 2.60. The van der Waals surface area contributed by atoms with Crippen LogP contribution in [0.1, 0.15) is 46.5 Å². The maximum absolute atomic E-state index is 2.36. The highest BCUT2D eigenvalue weighted by molar-refractivity contribution is 4.93. The van der Waals surface area contributed by atoms with Crippen molar-refractivity contribution >= 4 is 0 Å². The fourth-order valence-electron chi connectivity index (χ4n) is 1.91. The Morgan fingerprint density at radius 3 is 2.45 bits per heavy atom. The zero-order valence-corrected chi connectivity index (χ0v) is 8.06. The molecular formula is C11H20. The minimum absolute atomic E-state index is 1.02. The van der Waals surface area contributed by atoms with Gasteiger partial charge in [-0.2, -0.15) is 0 Å². The Labute approximate surface area is 70.7 Å². The summed E-state index contributed by atoms with van der Waals surface area (Å²) < 4.78 is 0. The first-order valence-electron chi connectivity index (χ1n) is 4.82. The van der Waals surface area contributed by atoms with E-state index in [9.17, 15) is 0 Å². The molecule has 1 saturated carbocycles. The molecule has 1 fully saturated rings. The largest absolute Gasteiger partial charge is 0.0859 e. The second-order valence-corrected chi connectivity index (χ2v) is 4.30. The van der Waals surface area contributed by atoms with Crippen LogP contribution in [0, 0.1) is 11.8 Å². The normalized spacial score (nSPS) is 29.4. The molecule has 11 heavy (non-hydrogen) atoms. The predicted octanol–water partition coefficient (Wildman–Crippen LogP) is 3.78. The lowest BCUT2D eigenvalue weighted by molar-refractivity contribution is 0.201. The molecule has 0 heteroatoms. The van der Waals surface area contributed by atoms with E-state index in [1.165, 1.54) is 31.3 Å². The molecule has 1 rings (SSSR count). The second kappa shape index (κ2) is 3.94. The van der Waals surface area contributed by atoms with Gasteiger partial charge in [-0.1, -0.05) is 18.6 Å². The molecule has 0 heterocycles. The predicted molar refractivity (Wildman–Crippen MR) is 50.6 cm³/mol. The van der Waals surface area contributed by atoms with E-state index >= 15 is 0 Å². The first-order valence-corrected chi connectivity index (χ1v) is 4.82. The van der Waals surface area contributed by atoms with Gasteiger partial charge in [-0.05, 0) is 51.4 Å². The minimum Gasteiger partial charge on any atom is -0.0859 e. The Morgan fingerprint density at radius 2 is 2.00 bits per heavy atom. The van der Waals surface area contributed by atoms with Crippen LogP contribution in [0.2, 0.25) is 0 Å². The standard InChI is InChI=1S/C11H20/c1-9(2)5-4-6-11-7-10(3)8-11/h5,10-11H,4,6-8H2,1-3H3. The Morgan fingerprint density at radius 1 is 1.36 bits per heavy atom. The van der Waals surface area contributed by atoms with E-state index in [4.69, 9.17) is 0 Å². The van der Waals surface area contributed by atoms with Gasteiger partial charge in [0.15, 0.2) is 0 Å². The maximum Gasteiger partial charge on any atom is -0.0346 e. The number of allylic oxidation sites excluding steroid dienone is 2. The summed E-state index contributed by atoms with van der Waals surface area (Å²) in [6, 6.07) is 0. The van der Waals surface area contributed by atoms with E-state index in [0.29, 0.717) is 0 Å². The second-order valence-electron chi connectivity index (χ2n) is 4.30. The molecule has 0 bridgehead atoms. The van der Waals surface area contributed by atoms with Gasteiger partial charge in [0.2, 0.25) is 0 Å². The van der Waals surface area contributed by atoms with Crippen molar-refractivity contribution in [3.8, 4) is 0 Å². The smallest absolute Gasteiger partial charge is 0.0346 e. The van der Waals surface area contributed by atoms with Gasteiger partial charge in [-0.3, -0.25) is 0 Å². The molecule has 0 atom stereocenters. The molecule has 0 radical (unpaired) electrons. The molecule has 0 unspecified atom stereocenters. The quantitative estimate of drug-likeness (QED) is 0.540. The van der Waals surface area contributed by atoms with Crippen molar-refractivity contribution in [3.05, 3.63) is 11.6 Å². The Bertz CT molecular complexity index is 134. The third kappa shape index (κ3) is 3.09. The molecular weight excluding hydrogens is 132 g/mol. The first kappa shape index (κ1) is 8.83. The Hall–Kier alpha value is -0.260. The molecule has 0 spiro atoms. The summed E-state index contributed by atoms with van der Waals surface area (Å²) in [7, 11) is 0. The van der Waals surface area contributed by atoms with Gasteiger partial charge in [0.25, 0.3) is 0 Å². The van der Waals surface area contributed by atoms with Gasteiger partial charge in [0, 0.05) is 0 Å². The van der Waals surface area contributed by atoms with Crippen LogP contribution in [0.4, 0.5) is 0 Å². The van der Waals surface area contributed by atoms with Crippen molar-refractivity contribution in [2.75, 3.05) is 0 Å². The number of rotatable bonds is 3. The molecule has 0 aliphatic heterocycles. The lowest BCUT2D eigenvalue weighted by atomic mass is 9.74. The lowest BCUT2D eigenvalue weighted by Gasteiger charge is -2.32. The van der Waals surface area contributed by atoms with E-state index < -0.39 is 0 Å². The lowest BCUT2D eigenvalue weighted by Crippen LogP contribution is -2.20. The van der Waals surface area contributed by atoms with Crippen LogP contribution in [0.25, 0.3) is 0 Å². The molecule has 0 nitrogen and oxygen atoms in total. The topological polar surface area (TPSA) is 0 Å². The zero-order chi connectivity index (χ0) is 8.27. The molecule has 0 aromatic heterocycles. The molecule has 1 aliphatic rings. The monoisotopic (exact) mass is 152 g/mol. The van der Waals surface area contributed by atoms with Crippen LogP contribution in [0.5, 0.6) is 0 Å². The molecule has 64 valence electrons. The van der Waals surface area contributed by atoms with Crippen molar-refractivity contribution in [2.24, 2.45) is 11.8 Å². The van der Waals surface area contributed by atoms with Crippen molar-refractivity contribution in [1.29, 1.82) is 0 Å². The first-order chi connectivity index (χ1) is 5.18. The van der Waals surface area contributed by atoms with Crippen LogP contribution >= 0.6 is 0 Å². The van der Waals surface area contributed by atoms with Gasteiger partial charge >= 0.3 is 0 Å². The van der Waals surface area contributed by atoms with Crippen LogP contribution in [0.3, 0.4) is 0 Å². The summed E-state index contributed by atoms with van der Waals surface area (Å²) in [5.41, 5.74) is 1.47. The van der Waals surface area contributed by atoms with Crippen LogP contribution < -0.4 is 0 Å². The fraction of sp³-hybridized carbons (Fsp3) is 0.818. The minimum atomic E-state index is 1.02. The molecule has 0 aromatic rings. The maximum atomic E-state index is 2.36. The summed E-state index contributed by atoms with van der Waals surface area (Å²) in [6.45, 7) is 6.73. The van der Waals surface area contributed by atoms with E-state index in [1.54, 1.807) is 0 Å². The van der Waals surface area contributed by atoms with Crippen LogP contribution in [-0.2, 0) is 0 Å². The fourth-order valence-corrected chi connectivity index (χ4v) is 1.91. The average molecular weight is 152 g/mol. The summed E-state index contributed by atoms with van der Waals surface area (Å²) in [5.74, 6) is 2.08. The molecule has 1 aliphatic carbocycles. The van der Waals surface area contributed by atoms with E-state index in [1.807, 2.05) is 0 Å². The average Bonchev–Trinajstić information content (AvgIpc) is 1.83. The molecule has 0 amide bonds. The SMILES string of the molecule is CC(C)=CCCC1CC(C)C1. The Kier molecular flexibility index (Phi) is 3.16. The number of hydrogen-bond acceptors (Lipinski definition) is 0. The molecule has 0 saturated heterocycles. The highest BCUT2D eigenvalue weighted by Crippen LogP contribution is 2.36. The third-order valence-electron chi connectivity index (χ3n) is 2.60. The zero-order valence-electron chi connectivity index (χ0n) is 8.06. The molecule has 0 N–H and O–H groups in total. The van der Waals surface area contributed by atoms with Gasteiger partial charge in [-0.15, -0.1) is 0 Å². The van der Waals surface area contributed by atoms with Gasteiger partial charge in [-0.25, -0.2) is 0 Å². The highest BCUT2D eigenvalue weighted by atomic mass is 14.3.